The van der Waals surface area contributed by atoms with Crippen LogP contribution in [-0.2, 0) is 11.2 Å². The summed E-state index contributed by atoms with van der Waals surface area (Å²) in [7, 11) is 1.76. The van der Waals surface area contributed by atoms with Crippen molar-refractivity contribution >= 4 is 17.0 Å². The number of H-pyrrole nitrogens is 1. The van der Waals surface area contributed by atoms with Crippen molar-refractivity contribution in [2.45, 2.75) is 25.0 Å². The zero-order chi connectivity index (χ0) is 22.0. The lowest BCUT2D eigenvalue weighted by Crippen LogP contribution is -2.39. The van der Waals surface area contributed by atoms with Gasteiger partial charge < -0.3 is 14.4 Å². The Morgan fingerprint density at radius 3 is 2.97 bits per heavy atom. The van der Waals surface area contributed by atoms with Crippen LogP contribution < -0.4 is 5.76 Å². The van der Waals surface area contributed by atoms with Crippen molar-refractivity contribution in [1.29, 1.82) is 5.26 Å². The van der Waals surface area contributed by atoms with E-state index in [0.29, 0.717) is 36.2 Å². The van der Waals surface area contributed by atoms with Gasteiger partial charge in [-0.25, -0.2) is 4.79 Å². The number of fused-ring (bicyclic) bond motifs is 1. The average molecular weight is 420 g/mol. The molecule has 2 N–H and O–H groups in total. The number of oxazole rings is 1. The van der Waals surface area contributed by atoms with Crippen LogP contribution in [0.3, 0.4) is 0 Å². The van der Waals surface area contributed by atoms with E-state index >= 15 is 0 Å². The Balaban J connectivity index is 1.56. The number of likely N-dealkylation sites (N-methyl/N-ethyl adjacent to an activating group) is 1. The molecule has 0 bridgehead atoms. The van der Waals surface area contributed by atoms with Crippen LogP contribution in [0.15, 0.2) is 51.7 Å². The molecule has 8 nitrogen and oxygen atoms in total. The fraction of sp³-hybridized carbons (Fsp3) is 0.348. The zero-order valence-electron chi connectivity index (χ0n) is 17.2. The number of amides is 1. The van der Waals surface area contributed by atoms with Gasteiger partial charge in [0.2, 0.25) is 5.91 Å². The Hall–Kier alpha value is -3.41. The Morgan fingerprint density at radius 1 is 1.39 bits per heavy atom. The first-order valence-corrected chi connectivity index (χ1v) is 10.2. The minimum Gasteiger partial charge on any atom is -0.408 e. The molecule has 1 unspecified atom stereocenters. The topological polar surface area (TPSA) is 114 Å². The van der Waals surface area contributed by atoms with E-state index in [1.807, 2.05) is 18.2 Å². The van der Waals surface area contributed by atoms with Gasteiger partial charge in [-0.05, 0) is 41.8 Å². The highest BCUT2D eigenvalue weighted by Crippen LogP contribution is 2.25. The second-order valence-corrected chi connectivity index (χ2v) is 7.98. The molecule has 0 radical (unpaired) electrons. The van der Waals surface area contributed by atoms with Crippen LogP contribution in [-0.4, -0.2) is 58.6 Å². The lowest BCUT2D eigenvalue weighted by molar-refractivity contribution is -0.131. The van der Waals surface area contributed by atoms with Gasteiger partial charge in [-0.1, -0.05) is 18.2 Å². The molecule has 160 valence electrons. The van der Waals surface area contributed by atoms with E-state index in [1.54, 1.807) is 36.2 Å². The summed E-state index contributed by atoms with van der Waals surface area (Å²) in [5.41, 5.74) is 3.20. The predicted octanol–water partition coefficient (Wildman–Crippen LogP) is 1.80. The highest BCUT2D eigenvalue weighted by Gasteiger charge is 2.28. The molecule has 2 atom stereocenters. The van der Waals surface area contributed by atoms with E-state index < -0.39 is 5.76 Å². The Bertz CT molecular complexity index is 1190. The summed E-state index contributed by atoms with van der Waals surface area (Å²) in [4.78, 5) is 31.0. The van der Waals surface area contributed by atoms with Gasteiger partial charge in [0.15, 0.2) is 5.58 Å². The summed E-state index contributed by atoms with van der Waals surface area (Å²) in [6.45, 7) is 1.91. The number of aliphatic hydroxyl groups is 1. The monoisotopic (exact) mass is 420 g/mol. The first kappa shape index (κ1) is 20.8. The molecule has 0 aliphatic carbocycles. The van der Waals surface area contributed by atoms with Crippen molar-refractivity contribution in [3.8, 4) is 6.07 Å². The first-order valence-electron chi connectivity index (χ1n) is 10.2. The lowest BCUT2D eigenvalue weighted by Gasteiger charge is -2.32. The van der Waals surface area contributed by atoms with Gasteiger partial charge in [0.05, 0.1) is 35.7 Å². The molecule has 2 heterocycles. The number of hydrogen-bond acceptors (Lipinski definition) is 6. The van der Waals surface area contributed by atoms with Crippen molar-refractivity contribution in [3.05, 3.63) is 69.7 Å². The van der Waals surface area contributed by atoms with Gasteiger partial charge in [-0.2, -0.15) is 5.26 Å². The molecule has 1 fully saturated rings. The Kier molecular flexibility index (Phi) is 5.89. The maximum Gasteiger partial charge on any atom is 0.417 e. The number of carbonyl (C=O) groups excluding carboxylic acids is 1. The highest BCUT2D eigenvalue weighted by atomic mass is 16.4. The normalized spacial score (nSPS) is 17.5. The fourth-order valence-electron chi connectivity index (χ4n) is 4.07. The number of aromatic amines is 1. The van der Waals surface area contributed by atoms with Gasteiger partial charge in [-0.3, -0.25) is 14.7 Å². The summed E-state index contributed by atoms with van der Waals surface area (Å²) in [6.07, 6.45) is 0.526. The van der Waals surface area contributed by atoms with Crippen LogP contribution in [0.2, 0.25) is 0 Å². The quantitative estimate of drug-likeness (QED) is 0.629. The summed E-state index contributed by atoms with van der Waals surface area (Å²) in [5.74, 6) is -0.613. The molecule has 2 aromatic carbocycles. The van der Waals surface area contributed by atoms with Crippen LogP contribution in [0, 0.1) is 11.3 Å². The van der Waals surface area contributed by atoms with E-state index in [9.17, 15) is 20.0 Å². The molecule has 1 aliphatic rings. The maximum absolute atomic E-state index is 13.2. The van der Waals surface area contributed by atoms with Crippen molar-refractivity contribution in [1.82, 2.24) is 14.8 Å². The van der Waals surface area contributed by atoms with Crippen molar-refractivity contribution < 1.29 is 14.3 Å². The van der Waals surface area contributed by atoms with Crippen LogP contribution in [0.5, 0.6) is 0 Å². The van der Waals surface area contributed by atoms with Gasteiger partial charge in [-0.15, -0.1) is 0 Å². The van der Waals surface area contributed by atoms with E-state index in [0.717, 1.165) is 17.7 Å². The molecule has 4 rings (SSSR count). The molecule has 1 saturated heterocycles. The third kappa shape index (κ3) is 4.68. The molecule has 31 heavy (non-hydrogen) atoms. The van der Waals surface area contributed by atoms with Gasteiger partial charge >= 0.3 is 5.76 Å². The number of rotatable bonds is 6. The number of benzene rings is 2. The number of nitrogens with one attached hydrogen (secondary N) is 1. The van der Waals surface area contributed by atoms with Gasteiger partial charge in [0, 0.05) is 26.7 Å². The highest BCUT2D eigenvalue weighted by molar-refractivity contribution is 5.81. The first-order chi connectivity index (χ1) is 14.9. The number of nitriles is 1. The van der Waals surface area contributed by atoms with Crippen molar-refractivity contribution in [2.24, 2.45) is 0 Å². The molecule has 3 aromatic rings. The molecule has 8 heteroatoms. The number of aliphatic hydroxyl groups excluding tert-OH is 1. The maximum atomic E-state index is 13.2. The largest absolute Gasteiger partial charge is 0.417 e. The van der Waals surface area contributed by atoms with E-state index in [-0.39, 0.29) is 24.5 Å². The summed E-state index contributed by atoms with van der Waals surface area (Å²) >= 11 is 0. The standard InChI is InChI=1S/C23H24N4O4/c1-26(22(29)11-15-5-6-21-19(10-15)25-23(30)31-21)20(14-27-8-7-18(28)13-27)17-4-2-3-16(9-17)12-24/h2-6,9-10,18,20,28H,7-8,11,13-14H2,1H3,(H,25,30)/t18-,20?/m1/s1. The smallest absolute Gasteiger partial charge is 0.408 e. The average Bonchev–Trinajstić information content (AvgIpc) is 3.35. The molecule has 0 saturated carbocycles. The Labute approximate surface area is 179 Å². The minimum absolute atomic E-state index is 0.0858. The summed E-state index contributed by atoms with van der Waals surface area (Å²) in [6, 6.07) is 14.4. The number of hydrogen-bond donors (Lipinski definition) is 2. The third-order valence-corrected chi connectivity index (χ3v) is 5.78. The number of aromatic nitrogens is 1. The SMILES string of the molecule is CN(C(=O)Cc1ccc2oc(=O)[nH]c2c1)C(CN1CC[C@@H](O)C1)c1cccc(C#N)c1. The molecular weight excluding hydrogens is 396 g/mol. The zero-order valence-corrected chi connectivity index (χ0v) is 17.2. The molecule has 0 spiro atoms. The fourth-order valence-corrected chi connectivity index (χ4v) is 4.07. The second-order valence-electron chi connectivity index (χ2n) is 7.98. The molecule has 1 aliphatic heterocycles. The van der Waals surface area contributed by atoms with E-state index in [4.69, 9.17) is 4.42 Å². The summed E-state index contributed by atoms with van der Waals surface area (Å²) < 4.78 is 5.02. The van der Waals surface area contributed by atoms with Crippen LogP contribution in [0.1, 0.15) is 29.2 Å². The second kappa shape index (κ2) is 8.76. The summed E-state index contributed by atoms with van der Waals surface area (Å²) in [5, 5.41) is 19.2. The molecule has 1 aromatic heterocycles. The van der Waals surface area contributed by atoms with Crippen LogP contribution >= 0.6 is 0 Å². The number of nitrogens with zero attached hydrogens (tertiary/aromatic N) is 3. The van der Waals surface area contributed by atoms with Crippen molar-refractivity contribution in [3.63, 3.8) is 0 Å². The number of β-amino-alcohol motifs (C(OH)–C–C–N with tert-alkyl or cyclic N) is 1. The third-order valence-electron chi connectivity index (χ3n) is 5.78. The van der Waals surface area contributed by atoms with Crippen molar-refractivity contribution in [2.75, 3.05) is 26.7 Å². The van der Waals surface area contributed by atoms with Crippen LogP contribution in [0.4, 0.5) is 0 Å². The van der Waals surface area contributed by atoms with Crippen LogP contribution in [0.25, 0.3) is 11.1 Å². The predicted molar refractivity (Wildman–Crippen MR) is 114 cm³/mol. The number of carbonyl (C=O) groups is 1. The Morgan fingerprint density at radius 2 is 2.23 bits per heavy atom. The molecular formula is C23H24N4O4. The van der Waals surface area contributed by atoms with Gasteiger partial charge in [0.1, 0.15) is 0 Å². The lowest BCUT2D eigenvalue weighted by atomic mass is 10.0. The van der Waals surface area contributed by atoms with Gasteiger partial charge in [0.25, 0.3) is 0 Å². The number of likely N-dealkylation sites (tertiary alicyclic amines) is 1. The molecule has 1 amide bonds. The van der Waals surface area contributed by atoms with E-state index in [2.05, 4.69) is 16.0 Å². The van der Waals surface area contributed by atoms with E-state index in [1.165, 1.54) is 0 Å². The minimum atomic E-state index is -0.527.